The molecule has 21 heavy (non-hydrogen) atoms. The van der Waals surface area contributed by atoms with E-state index in [1.54, 1.807) is 30.3 Å². The molecule has 6 heteroatoms. The Morgan fingerprint density at radius 1 is 1.19 bits per heavy atom. The zero-order valence-electron chi connectivity index (χ0n) is 11.1. The molecule has 1 aromatic heterocycles. The number of nitrogens with zero attached hydrogens (tertiary/aromatic N) is 2. The van der Waals surface area contributed by atoms with Gasteiger partial charge in [0.15, 0.2) is 0 Å². The average Bonchev–Trinajstić information content (AvgIpc) is 2.95. The Bertz CT molecular complexity index is 767. The molecule has 0 N–H and O–H groups in total. The van der Waals surface area contributed by atoms with Crippen LogP contribution in [0.15, 0.2) is 47.5 Å². The molecule has 0 bridgehead atoms. The topological polar surface area (TPSA) is 42.3 Å². The van der Waals surface area contributed by atoms with Crippen LogP contribution in [0.3, 0.4) is 0 Å². The van der Waals surface area contributed by atoms with Crippen molar-refractivity contribution in [1.82, 2.24) is 4.57 Å². The van der Waals surface area contributed by atoms with Crippen molar-refractivity contribution in [2.24, 2.45) is 7.05 Å². The number of anilines is 1. The van der Waals surface area contributed by atoms with Crippen LogP contribution in [-0.4, -0.2) is 15.7 Å². The van der Waals surface area contributed by atoms with Crippen molar-refractivity contribution in [2.45, 2.75) is 0 Å². The maximum atomic E-state index is 12.4. The van der Waals surface area contributed by atoms with E-state index in [1.807, 2.05) is 29.9 Å². The average molecular weight is 319 g/mol. The molecule has 0 radical (unpaired) electrons. The van der Waals surface area contributed by atoms with Crippen LogP contribution in [0.2, 0.25) is 5.02 Å². The van der Waals surface area contributed by atoms with Gasteiger partial charge in [-0.1, -0.05) is 17.7 Å². The molecule has 0 spiro atoms. The summed E-state index contributed by atoms with van der Waals surface area (Å²) in [5.74, 6) is -0.325. The standard InChI is InChI=1S/C15H11ClN2O2S/c1-17-7-3-6-11(17)9-13-14(19)18(15(20)21-13)12-5-2-4-10(16)8-12/h2-9H,1H3/b13-9+. The van der Waals surface area contributed by atoms with Gasteiger partial charge in [-0.2, -0.15) is 0 Å². The van der Waals surface area contributed by atoms with Gasteiger partial charge in [-0.15, -0.1) is 0 Å². The van der Waals surface area contributed by atoms with Gasteiger partial charge in [0, 0.05) is 24.0 Å². The molecule has 106 valence electrons. The Hall–Kier alpha value is -1.98. The quantitative estimate of drug-likeness (QED) is 0.788. The minimum absolute atomic E-state index is 0.317. The van der Waals surface area contributed by atoms with E-state index in [2.05, 4.69) is 0 Å². The second-order valence-corrected chi connectivity index (χ2v) is 5.97. The maximum Gasteiger partial charge on any atom is 0.298 e. The first-order valence-corrected chi connectivity index (χ1v) is 7.40. The van der Waals surface area contributed by atoms with Crippen LogP contribution in [0, 0.1) is 0 Å². The normalized spacial score (nSPS) is 17.0. The summed E-state index contributed by atoms with van der Waals surface area (Å²) in [6.45, 7) is 0. The highest BCUT2D eigenvalue weighted by Gasteiger charge is 2.36. The van der Waals surface area contributed by atoms with Gasteiger partial charge in [0.05, 0.1) is 10.6 Å². The van der Waals surface area contributed by atoms with E-state index >= 15 is 0 Å². The van der Waals surface area contributed by atoms with Crippen molar-refractivity contribution < 1.29 is 9.59 Å². The van der Waals surface area contributed by atoms with Crippen LogP contribution in [-0.2, 0) is 11.8 Å². The molecular weight excluding hydrogens is 308 g/mol. The fourth-order valence-corrected chi connectivity index (χ4v) is 3.07. The predicted octanol–water partition coefficient (Wildman–Crippen LogP) is 3.92. The number of hydrogen-bond donors (Lipinski definition) is 0. The number of thioether (sulfide) groups is 1. The maximum absolute atomic E-state index is 12.4. The van der Waals surface area contributed by atoms with Crippen molar-refractivity contribution in [3.8, 4) is 0 Å². The van der Waals surface area contributed by atoms with Crippen molar-refractivity contribution in [2.75, 3.05) is 4.90 Å². The van der Waals surface area contributed by atoms with E-state index in [1.165, 1.54) is 0 Å². The van der Waals surface area contributed by atoms with Gasteiger partial charge in [0.25, 0.3) is 11.1 Å². The minimum Gasteiger partial charge on any atom is -0.351 e. The SMILES string of the molecule is Cn1cccc1/C=C1/SC(=O)N(c2cccc(Cl)c2)C1=O. The number of rotatable bonds is 2. The zero-order chi connectivity index (χ0) is 15.0. The van der Waals surface area contributed by atoms with Gasteiger partial charge in [0.1, 0.15) is 0 Å². The summed E-state index contributed by atoms with van der Waals surface area (Å²) in [5.41, 5.74) is 1.35. The van der Waals surface area contributed by atoms with Crippen LogP contribution >= 0.6 is 23.4 Å². The molecule has 1 aromatic carbocycles. The molecule has 0 saturated carbocycles. The summed E-state index contributed by atoms with van der Waals surface area (Å²) in [7, 11) is 1.88. The Morgan fingerprint density at radius 3 is 2.67 bits per heavy atom. The van der Waals surface area contributed by atoms with Crippen LogP contribution in [0.5, 0.6) is 0 Å². The molecule has 2 aromatic rings. The summed E-state index contributed by atoms with van der Waals surface area (Å²) in [5, 5.41) is 0.167. The molecule has 2 amide bonds. The second-order valence-electron chi connectivity index (χ2n) is 4.54. The first kappa shape index (κ1) is 14.0. The fourth-order valence-electron chi connectivity index (χ4n) is 2.06. The number of carbonyl (C=O) groups is 2. The number of imide groups is 1. The number of halogens is 1. The Labute approximate surface area is 131 Å². The monoisotopic (exact) mass is 318 g/mol. The van der Waals surface area contributed by atoms with Crippen LogP contribution in [0.4, 0.5) is 10.5 Å². The van der Waals surface area contributed by atoms with Gasteiger partial charge in [-0.05, 0) is 48.2 Å². The molecule has 0 aliphatic carbocycles. The molecule has 4 nitrogen and oxygen atoms in total. The molecule has 3 rings (SSSR count). The Morgan fingerprint density at radius 2 is 2.00 bits per heavy atom. The first-order valence-electron chi connectivity index (χ1n) is 6.21. The summed E-state index contributed by atoms with van der Waals surface area (Å²) >= 11 is 6.85. The summed E-state index contributed by atoms with van der Waals surface area (Å²) in [6, 6.07) is 10.5. The van der Waals surface area contributed by atoms with Crippen LogP contribution in [0.1, 0.15) is 5.69 Å². The number of aromatic nitrogens is 1. The Kier molecular flexibility index (Phi) is 3.61. The fraction of sp³-hybridized carbons (Fsp3) is 0.0667. The smallest absolute Gasteiger partial charge is 0.298 e. The van der Waals surface area contributed by atoms with E-state index in [9.17, 15) is 9.59 Å². The van der Waals surface area contributed by atoms with E-state index in [0.717, 1.165) is 22.4 Å². The summed E-state index contributed by atoms with van der Waals surface area (Å²) in [6.07, 6.45) is 3.60. The van der Waals surface area contributed by atoms with Gasteiger partial charge in [-0.25, -0.2) is 4.90 Å². The molecule has 0 unspecified atom stereocenters. The van der Waals surface area contributed by atoms with E-state index < -0.39 is 0 Å². The first-order chi connectivity index (χ1) is 10.1. The predicted molar refractivity (Wildman–Crippen MR) is 85.3 cm³/mol. The van der Waals surface area contributed by atoms with Crippen molar-refractivity contribution in [3.05, 3.63) is 58.2 Å². The molecule has 1 saturated heterocycles. The largest absolute Gasteiger partial charge is 0.351 e. The number of amides is 2. The molecule has 1 aliphatic rings. The third-order valence-electron chi connectivity index (χ3n) is 3.12. The van der Waals surface area contributed by atoms with E-state index in [-0.39, 0.29) is 11.1 Å². The van der Waals surface area contributed by atoms with Gasteiger partial charge in [-0.3, -0.25) is 9.59 Å². The van der Waals surface area contributed by atoms with E-state index in [4.69, 9.17) is 11.6 Å². The third kappa shape index (κ3) is 2.62. The van der Waals surface area contributed by atoms with E-state index in [0.29, 0.717) is 15.6 Å². The highest BCUT2D eigenvalue weighted by molar-refractivity contribution is 8.19. The van der Waals surface area contributed by atoms with Crippen molar-refractivity contribution >= 4 is 46.3 Å². The van der Waals surface area contributed by atoms with Gasteiger partial charge in [0.2, 0.25) is 0 Å². The molecule has 1 aliphatic heterocycles. The second kappa shape index (κ2) is 5.42. The summed E-state index contributed by atoms with van der Waals surface area (Å²) < 4.78 is 1.88. The molecule has 0 atom stereocenters. The highest BCUT2D eigenvalue weighted by Crippen LogP contribution is 2.36. The third-order valence-corrected chi connectivity index (χ3v) is 4.23. The lowest BCUT2D eigenvalue weighted by atomic mass is 10.3. The van der Waals surface area contributed by atoms with Crippen molar-refractivity contribution in [1.29, 1.82) is 0 Å². The zero-order valence-corrected chi connectivity index (χ0v) is 12.7. The van der Waals surface area contributed by atoms with Gasteiger partial charge < -0.3 is 4.57 Å². The van der Waals surface area contributed by atoms with Crippen LogP contribution < -0.4 is 4.90 Å². The number of benzene rings is 1. The lowest BCUT2D eigenvalue weighted by Crippen LogP contribution is -2.27. The summed E-state index contributed by atoms with van der Waals surface area (Å²) in [4.78, 5) is 26.1. The van der Waals surface area contributed by atoms with Crippen molar-refractivity contribution in [3.63, 3.8) is 0 Å². The molecule has 2 heterocycles. The number of aryl methyl sites for hydroxylation is 1. The lowest BCUT2D eigenvalue weighted by molar-refractivity contribution is -0.113. The number of hydrogen-bond acceptors (Lipinski definition) is 3. The van der Waals surface area contributed by atoms with Gasteiger partial charge >= 0.3 is 0 Å². The lowest BCUT2D eigenvalue weighted by Gasteiger charge is -2.12. The Balaban J connectivity index is 1.96. The van der Waals surface area contributed by atoms with Crippen LogP contribution in [0.25, 0.3) is 6.08 Å². The molecule has 1 fully saturated rings. The minimum atomic E-state index is -0.325. The molecular formula is C15H11ClN2O2S. The number of carbonyl (C=O) groups excluding carboxylic acids is 2. The highest BCUT2D eigenvalue weighted by atomic mass is 35.5.